The summed E-state index contributed by atoms with van der Waals surface area (Å²) >= 11 is 0. The predicted octanol–water partition coefficient (Wildman–Crippen LogP) is 3.67. The maximum Gasteiger partial charge on any atom is 0.250 e. The van der Waals surface area contributed by atoms with Crippen molar-refractivity contribution in [3.05, 3.63) is 78.4 Å². The second-order valence-electron chi connectivity index (χ2n) is 10.4. The van der Waals surface area contributed by atoms with Crippen LogP contribution in [0, 0.1) is 17.1 Å². The number of fused-ring (bicyclic) bond motifs is 3. The molecule has 5 aromatic heterocycles. The van der Waals surface area contributed by atoms with E-state index in [-0.39, 0.29) is 5.88 Å². The van der Waals surface area contributed by atoms with E-state index in [0.29, 0.717) is 24.2 Å². The highest BCUT2D eigenvalue weighted by molar-refractivity contribution is 5.87. The van der Waals surface area contributed by atoms with Crippen molar-refractivity contribution in [1.29, 1.82) is 5.26 Å². The van der Waals surface area contributed by atoms with Crippen LogP contribution in [0.5, 0.6) is 5.88 Å². The van der Waals surface area contributed by atoms with Crippen LogP contribution in [-0.4, -0.2) is 66.5 Å². The lowest BCUT2D eigenvalue weighted by atomic mass is 9.87. The summed E-state index contributed by atoms with van der Waals surface area (Å²) in [6.45, 7) is 2.38. The molecule has 8 rings (SSSR count). The summed E-state index contributed by atoms with van der Waals surface area (Å²) in [5.74, 6) is 0.510. The summed E-state index contributed by atoms with van der Waals surface area (Å²) in [4.78, 5) is 13.6. The fraction of sp³-hybridized carbons (Fsp3) is 0.276. The number of halogens is 1. The first-order valence-electron chi connectivity index (χ1n) is 13.1. The topological polar surface area (TPSA) is 100 Å². The zero-order chi connectivity index (χ0) is 27.4. The Kier molecular flexibility index (Phi) is 5.71. The predicted molar refractivity (Wildman–Crippen MR) is 146 cm³/mol. The van der Waals surface area contributed by atoms with Gasteiger partial charge in [-0.15, -0.1) is 0 Å². The van der Waals surface area contributed by atoms with Gasteiger partial charge in [0.25, 0.3) is 0 Å². The summed E-state index contributed by atoms with van der Waals surface area (Å²) in [6, 6.07) is 10.7. The molecule has 10 nitrogen and oxygen atoms in total. The van der Waals surface area contributed by atoms with Gasteiger partial charge in [-0.3, -0.25) is 9.58 Å². The standard InChI is InChI=1S/C29H26FN9O/c1-36-14-22(12-34-36)20-6-25(28-21(8-31)11-35-39(28)15-20)19-3-4-27(32-10-19)37-16-23-7-24(17-37)38(23)13-18-5-26(30)29(40-2)33-9-18/h3-6,9-12,14-15,23-24H,7,13,16-17H2,1-2H3. The fourth-order valence-corrected chi connectivity index (χ4v) is 5.93. The van der Waals surface area contributed by atoms with Gasteiger partial charge in [-0.25, -0.2) is 18.9 Å². The van der Waals surface area contributed by atoms with E-state index in [1.165, 1.54) is 13.2 Å². The number of hydrogen-bond acceptors (Lipinski definition) is 8. The third-order valence-electron chi connectivity index (χ3n) is 7.92. The molecule has 2 atom stereocenters. The maximum atomic E-state index is 14.1. The molecule has 2 bridgehead atoms. The van der Waals surface area contributed by atoms with Crippen LogP contribution in [0.2, 0.25) is 0 Å². The minimum atomic E-state index is -0.433. The maximum absolute atomic E-state index is 14.1. The normalized spacial score (nSPS) is 18.5. The van der Waals surface area contributed by atoms with Gasteiger partial charge in [0, 0.05) is 85.8 Å². The number of piperazine rings is 1. The molecule has 0 radical (unpaired) electrons. The lowest BCUT2D eigenvalue weighted by Crippen LogP contribution is -2.68. The summed E-state index contributed by atoms with van der Waals surface area (Å²) in [5.41, 5.74) is 5.84. The van der Waals surface area contributed by atoms with Gasteiger partial charge in [-0.1, -0.05) is 0 Å². The van der Waals surface area contributed by atoms with Gasteiger partial charge >= 0.3 is 0 Å². The van der Waals surface area contributed by atoms with Crippen LogP contribution in [0.15, 0.2) is 61.4 Å². The fourth-order valence-electron chi connectivity index (χ4n) is 5.93. The molecule has 0 aliphatic carbocycles. The Bertz CT molecular complexity index is 1760. The highest BCUT2D eigenvalue weighted by atomic mass is 19.1. The number of aromatic nitrogens is 6. The average Bonchev–Trinajstić information content (AvgIpc) is 3.61. The average molecular weight is 536 g/mol. The number of piperidine rings is 1. The highest BCUT2D eigenvalue weighted by Gasteiger charge is 2.44. The smallest absolute Gasteiger partial charge is 0.250 e. The molecule has 0 amide bonds. The molecule has 0 N–H and O–H groups in total. The van der Waals surface area contributed by atoms with E-state index in [9.17, 15) is 9.65 Å². The van der Waals surface area contributed by atoms with Crippen molar-refractivity contribution in [2.75, 3.05) is 25.1 Å². The monoisotopic (exact) mass is 535 g/mol. The molecule has 40 heavy (non-hydrogen) atoms. The number of methoxy groups -OCH3 is 1. The van der Waals surface area contributed by atoms with Crippen LogP contribution >= 0.6 is 0 Å². The first kappa shape index (κ1) is 24.2. The molecule has 8 heterocycles. The number of pyridine rings is 3. The quantitative estimate of drug-likeness (QED) is 0.325. The third-order valence-corrected chi connectivity index (χ3v) is 7.92. The molecule has 3 aliphatic heterocycles. The Balaban J connectivity index is 1.12. The lowest BCUT2D eigenvalue weighted by Gasteiger charge is -2.56. The van der Waals surface area contributed by atoms with Crippen molar-refractivity contribution in [2.45, 2.75) is 25.0 Å². The van der Waals surface area contributed by atoms with E-state index < -0.39 is 5.82 Å². The Morgan fingerprint density at radius 3 is 2.52 bits per heavy atom. The Morgan fingerprint density at radius 2 is 1.85 bits per heavy atom. The number of aryl methyl sites for hydroxylation is 1. The molecule has 5 aromatic rings. The highest BCUT2D eigenvalue weighted by Crippen LogP contribution is 2.37. The van der Waals surface area contributed by atoms with E-state index in [4.69, 9.17) is 9.72 Å². The SMILES string of the molecule is COc1ncc(CN2C3CC2CN(c2ccc(-c4cc(-c5cnn(C)c5)cn5ncc(C#N)c45)cn2)C3)cc1F. The zero-order valence-electron chi connectivity index (χ0n) is 22.1. The van der Waals surface area contributed by atoms with Gasteiger partial charge in [0.15, 0.2) is 5.82 Å². The first-order chi connectivity index (χ1) is 19.5. The van der Waals surface area contributed by atoms with Gasteiger partial charge in [-0.2, -0.15) is 15.5 Å². The van der Waals surface area contributed by atoms with Crippen LogP contribution < -0.4 is 9.64 Å². The van der Waals surface area contributed by atoms with Crippen molar-refractivity contribution in [3.8, 4) is 34.2 Å². The summed E-state index contributed by atoms with van der Waals surface area (Å²) < 4.78 is 22.6. The number of rotatable bonds is 6. The minimum absolute atomic E-state index is 0.0230. The van der Waals surface area contributed by atoms with Gasteiger partial charge in [0.1, 0.15) is 11.9 Å². The van der Waals surface area contributed by atoms with Crippen LogP contribution in [0.4, 0.5) is 10.2 Å². The molecular formula is C29H26FN9O. The van der Waals surface area contributed by atoms with Gasteiger partial charge in [-0.05, 0) is 36.2 Å². The van der Waals surface area contributed by atoms with Crippen LogP contribution in [0.3, 0.4) is 0 Å². The van der Waals surface area contributed by atoms with Crippen LogP contribution in [-0.2, 0) is 13.6 Å². The number of hydrogen-bond donors (Lipinski definition) is 0. The molecule has 3 saturated heterocycles. The minimum Gasteiger partial charge on any atom is -0.479 e. The van der Waals surface area contributed by atoms with E-state index in [1.807, 2.05) is 37.9 Å². The number of ether oxygens (including phenoxy) is 1. The Labute approximate surface area is 229 Å². The molecule has 0 saturated carbocycles. The number of anilines is 1. The molecular weight excluding hydrogens is 509 g/mol. The Hall–Kier alpha value is -4.82. The molecule has 3 aliphatic rings. The van der Waals surface area contributed by atoms with E-state index in [2.05, 4.69) is 43.2 Å². The lowest BCUT2D eigenvalue weighted by molar-refractivity contribution is -0.00884. The number of nitriles is 1. The van der Waals surface area contributed by atoms with Crippen molar-refractivity contribution in [1.82, 2.24) is 34.3 Å². The zero-order valence-corrected chi connectivity index (χ0v) is 22.1. The molecule has 0 aromatic carbocycles. The molecule has 200 valence electrons. The van der Waals surface area contributed by atoms with E-state index >= 15 is 0 Å². The Morgan fingerprint density at radius 1 is 1.00 bits per heavy atom. The summed E-state index contributed by atoms with van der Waals surface area (Å²) in [6.07, 6.45) is 12.0. The second-order valence-corrected chi connectivity index (χ2v) is 10.4. The molecule has 3 fully saturated rings. The van der Waals surface area contributed by atoms with Gasteiger partial charge in [0.2, 0.25) is 5.88 Å². The second kappa shape index (κ2) is 9.43. The van der Waals surface area contributed by atoms with Crippen molar-refractivity contribution in [3.63, 3.8) is 0 Å². The molecule has 2 unspecified atom stereocenters. The van der Waals surface area contributed by atoms with Gasteiger partial charge in [0.05, 0.1) is 30.6 Å². The molecule has 11 heteroatoms. The van der Waals surface area contributed by atoms with Gasteiger partial charge < -0.3 is 9.64 Å². The van der Waals surface area contributed by atoms with Crippen LogP contribution in [0.25, 0.3) is 27.8 Å². The van der Waals surface area contributed by atoms with Crippen LogP contribution in [0.1, 0.15) is 17.5 Å². The summed E-state index contributed by atoms with van der Waals surface area (Å²) in [7, 11) is 3.30. The summed E-state index contributed by atoms with van der Waals surface area (Å²) in [5, 5.41) is 18.4. The number of nitrogens with zero attached hydrogens (tertiary/aromatic N) is 9. The van der Waals surface area contributed by atoms with Crippen molar-refractivity contribution < 1.29 is 9.13 Å². The van der Waals surface area contributed by atoms with Crippen molar-refractivity contribution >= 4 is 11.3 Å². The first-order valence-corrected chi connectivity index (χ1v) is 13.1. The molecule has 0 spiro atoms. The largest absolute Gasteiger partial charge is 0.479 e. The third kappa shape index (κ3) is 4.04. The van der Waals surface area contributed by atoms with E-state index in [0.717, 1.165) is 58.7 Å². The van der Waals surface area contributed by atoms with Crippen molar-refractivity contribution in [2.24, 2.45) is 7.05 Å². The van der Waals surface area contributed by atoms with E-state index in [1.54, 1.807) is 21.6 Å².